The molecular weight excluding hydrogens is 344 g/mol. The SMILES string of the molecule is CN(C)CC(=O)N[C@H]1CC2(CCN(C(=O)N(C)C)CC2)Oc2ccccc21. The fourth-order valence-corrected chi connectivity index (χ4v) is 3.97. The molecule has 27 heavy (non-hydrogen) atoms. The molecule has 1 spiro atoms. The summed E-state index contributed by atoms with van der Waals surface area (Å²) < 4.78 is 6.43. The molecule has 1 N–H and O–H groups in total. The van der Waals surface area contributed by atoms with Crippen LogP contribution in [0, 0.1) is 0 Å². The van der Waals surface area contributed by atoms with Crippen LogP contribution in [0.3, 0.4) is 0 Å². The Balaban J connectivity index is 1.76. The number of likely N-dealkylation sites (N-methyl/N-ethyl adjacent to an activating group) is 1. The highest BCUT2D eigenvalue weighted by Crippen LogP contribution is 2.44. The molecule has 3 rings (SSSR count). The van der Waals surface area contributed by atoms with E-state index in [4.69, 9.17) is 4.74 Å². The molecule has 0 aromatic heterocycles. The van der Waals surface area contributed by atoms with Crippen LogP contribution in [-0.2, 0) is 4.79 Å². The van der Waals surface area contributed by atoms with E-state index in [1.165, 1.54) is 0 Å². The minimum Gasteiger partial charge on any atom is -0.487 e. The standard InChI is InChI=1S/C20H30N4O3/c1-22(2)14-18(25)21-16-13-20(27-17-8-6-5-7-15(16)17)9-11-24(12-10-20)19(26)23(3)4/h5-8,16H,9-14H2,1-4H3,(H,21,25)/t16-/m0/s1. The van der Waals surface area contributed by atoms with Crippen LogP contribution < -0.4 is 10.1 Å². The van der Waals surface area contributed by atoms with E-state index in [9.17, 15) is 9.59 Å². The van der Waals surface area contributed by atoms with Crippen LogP contribution in [-0.4, -0.2) is 80.1 Å². The average Bonchev–Trinajstić information content (AvgIpc) is 2.61. The summed E-state index contributed by atoms with van der Waals surface area (Å²) in [7, 11) is 7.32. The van der Waals surface area contributed by atoms with Crippen molar-refractivity contribution >= 4 is 11.9 Å². The lowest BCUT2D eigenvalue weighted by Gasteiger charge is -2.47. The first-order valence-corrected chi connectivity index (χ1v) is 9.48. The van der Waals surface area contributed by atoms with Crippen molar-refractivity contribution in [2.24, 2.45) is 0 Å². The Bertz CT molecular complexity index is 696. The first-order chi connectivity index (χ1) is 12.8. The molecule has 2 heterocycles. The smallest absolute Gasteiger partial charge is 0.319 e. The van der Waals surface area contributed by atoms with Gasteiger partial charge in [0.2, 0.25) is 5.91 Å². The molecule has 0 bridgehead atoms. The number of carbonyl (C=O) groups is 2. The Hall–Kier alpha value is -2.28. The second-order valence-corrected chi connectivity index (χ2v) is 8.05. The maximum absolute atomic E-state index is 12.4. The number of likely N-dealkylation sites (tertiary alicyclic amines) is 1. The highest BCUT2D eigenvalue weighted by Gasteiger charge is 2.44. The monoisotopic (exact) mass is 374 g/mol. The maximum atomic E-state index is 12.4. The Morgan fingerprint density at radius 2 is 1.85 bits per heavy atom. The van der Waals surface area contributed by atoms with Crippen LogP contribution in [0.1, 0.15) is 30.9 Å². The Morgan fingerprint density at radius 1 is 1.19 bits per heavy atom. The number of piperidine rings is 1. The minimum absolute atomic E-state index is 0.0112. The molecule has 2 aliphatic heterocycles. The van der Waals surface area contributed by atoms with Crippen LogP contribution in [0.4, 0.5) is 4.79 Å². The number of nitrogens with zero attached hydrogens (tertiary/aromatic N) is 3. The molecular formula is C20H30N4O3. The highest BCUT2D eigenvalue weighted by molar-refractivity contribution is 5.78. The molecule has 3 amide bonds. The molecule has 2 aliphatic rings. The van der Waals surface area contributed by atoms with Gasteiger partial charge in [-0.2, -0.15) is 0 Å². The first kappa shape index (κ1) is 19.5. The number of benzene rings is 1. The predicted molar refractivity (Wildman–Crippen MR) is 104 cm³/mol. The van der Waals surface area contributed by atoms with E-state index in [0.29, 0.717) is 19.6 Å². The second-order valence-electron chi connectivity index (χ2n) is 8.05. The summed E-state index contributed by atoms with van der Waals surface area (Å²) in [6.07, 6.45) is 2.26. The summed E-state index contributed by atoms with van der Waals surface area (Å²) in [4.78, 5) is 29.9. The van der Waals surface area contributed by atoms with Crippen LogP contribution >= 0.6 is 0 Å². The number of carbonyl (C=O) groups excluding carboxylic acids is 2. The Labute approximate surface area is 161 Å². The molecule has 7 nitrogen and oxygen atoms in total. The van der Waals surface area contributed by atoms with Gasteiger partial charge in [0.25, 0.3) is 0 Å². The molecule has 0 aliphatic carbocycles. The van der Waals surface area contributed by atoms with E-state index in [2.05, 4.69) is 5.32 Å². The van der Waals surface area contributed by atoms with Crippen molar-refractivity contribution in [3.63, 3.8) is 0 Å². The molecule has 0 unspecified atom stereocenters. The van der Waals surface area contributed by atoms with Gasteiger partial charge in [-0.25, -0.2) is 4.79 Å². The summed E-state index contributed by atoms with van der Waals surface area (Å²) in [6, 6.07) is 7.90. The minimum atomic E-state index is -0.340. The fraction of sp³-hybridized carbons (Fsp3) is 0.600. The molecule has 148 valence electrons. The van der Waals surface area contributed by atoms with Crippen LogP contribution in [0.5, 0.6) is 5.75 Å². The van der Waals surface area contributed by atoms with Gasteiger partial charge >= 0.3 is 6.03 Å². The van der Waals surface area contributed by atoms with Crippen molar-refractivity contribution in [1.82, 2.24) is 20.0 Å². The zero-order chi connectivity index (χ0) is 19.6. The van der Waals surface area contributed by atoms with E-state index in [0.717, 1.165) is 30.6 Å². The van der Waals surface area contributed by atoms with E-state index in [1.54, 1.807) is 19.0 Å². The number of amides is 3. The first-order valence-electron chi connectivity index (χ1n) is 9.48. The maximum Gasteiger partial charge on any atom is 0.319 e. The van der Waals surface area contributed by atoms with Gasteiger partial charge in [-0.15, -0.1) is 0 Å². The third-order valence-corrected chi connectivity index (χ3v) is 5.32. The number of ether oxygens (including phenoxy) is 1. The van der Waals surface area contributed by atoms with Crippen molar-refractivity contribution < 1.29 is 14.3 Å². The molecule has 1 fully saturated rings. The Morgan fingerprint density at radius 3 is 2.48 bits per heavy atom. The third kappa shape index (κ3) is 4.35. The van der Waals surface area contributed by atoms with Crippen molar-refractivity contribution in [2.45, 2.75) is 30.9 Å². The molecule has 0 radical (unpaired) electrons. The van der Waals surface area contributed by atoms with E-state index in [-0.39, 0.29) is 23.6 Å². The van der Waals surface area contributed by atoms with Crippen molar-refractivity contribution in [3.8, 4) is 5.75 Å². The van der Waals surface area contributed by atoms with Crippen LogP contribution in [0.2, 0.25) is 0 Å². The van der Waals surface area contributed by atoms with Gasteiger partial charge in [0, 0.05) is 52.0 Å². The number of rotatable bonds is 3. The number of hydrogen-bond acceptors (Lipinski definition) is 4. The van der Waals surface area contributed by atoms with Gasteiger partial charge in [0.05, 0.1) is 12.6 Å². The lowest BCUT2D eigenvalue weighted by atomic mass is 9.80. The summed E-state index contributed by atoms with van der Waals surface area (Å²) in [5.74, 6) is 0.850. The zero-order valence-electron chi connectivity index (χ0n) is 16.7. The van der Waals surface area contributed by atoms with Crippen LogP contribution in [0.15, 0.2) is 24.3 Å². The largest absolute Gasteiger partial charge is 0.487 e. The molecule has 1 aromatic rings. The van der Waals surface area contributed by atoms with Crippen LogP contribution in [0.25, 0.3) is 0 Å². The van der Waals surface area contributed by atoms with Gasteiger partial charge in [-0.1, -0.05) is 18.2 Å². The lowest BCUT2D eigenvalue weighted by molar-refractivity contribution is -0.123. The highest BCUT2D eigenvalue weighted by atomic mass is 16.5. The van der Waals surface area contributed by atoms with Gasteiger partial charge in [-0.05, 0) is 20.2 Å². The number of urea groups is 1. The van der Waals surface area contributed by atoms with Crippen molar-refractivity contribution in [2.75, 3.05) is 47.8 Å². The van der Waals surface area contributed by atoms with E-state index < -0.39 is 0 Å². The normalized spacial score (nSPS) is 20.8. The summed E-state index contributed by atoms with van der Waals surface area (Å²) in [5.41, 5.74) is 0.690. The van der Waals surface area contributed by atoms with E-state index in [1.807, 2.05) is 48.2 Å². The summed E-state index contributed by atoms with van der Waals surface area (Å²) in [6.45, 7) is 1.69. The summed E-state index contributed by atoms with van der Waals surface area (Å²) >= 11 is 0. The third-order valence-electron chi connectivity index (χ3n) is 5.32. The van der Waals surface area contributed by atoms with Crippen molar-refractivity contribution in [1.29, 1.82) is 0 Å². The quantitative estimate of drug-likeness (QED) is 0.875. The lowest BCUT2D eigenvalue weighted by Crippen LogP contribution is -2.54. The predicted octanol–water partition coefficient (Wildman–Crippen LogP) is 1.70. The molecule has 0 saturated carbocycles. The van der Waals surface area contributed by atoms with E-state index >= 15 is 0 Å². The van der Waals surface area contributed by atoms with Crippen molar-refractivity contribution in [3.05, 3.63) is 29.8 Å². The van der Waals surface area contributed by atoms with Gasteiger partial charge in [0.1, 0.15) is 11.4 Å². The average molecular weight is 374 g/mol. The van der Waals surface area contributed by atoms with Gasteiger partial charge in [-0.3, -0.25) is 4.79 Å². The zero-order valence-corrected chi connectivity index (χ0v) is 16.7. The van der Waals surface area contributed by atoms with Gasteiger partial charge in [0.15, 0.2) is 0 Å². The summed E-state index contributed by atoms with van der Waals surface area (Å²) in [5, 5.41) is 3.18. The molecule has 1 aromatic carbocycles. The number of para-hydroxylation sites is 1. The Kier molecular flexibility index (Phi) is 5.60. The number of hydrogen-bond donors (Lipinski definition) is 1. The van der Waals surface area contributed by atoms with Gasteiger partial charge < -0.3 is 24.8 Å². The molecule has 7 heteroatoms. The molecule has 1 atom stereocenters. The number of nitrogens with one attached hydrogen (secondary N) is 1. The molecule has 1 saturated heterocycles. The fourth-order valence-electron chi connectivity index (χ4n) is 3.97. The second kappa shape index (κ2) is 7.76. The number of fused-ring (bicyclic) bond motifs is 1. The topological polar surface area (TPSA) is 65.1 Å².